The van der Waals surface area contributed by atoms with E-state index in [4.69, 9.17) is 10.2 Å². The summed E-state index contributed by atoms with van der Waals surface area (Å²) in [5.74, 6) is 0. The van der Waals surface area contributed by atoms with E-state index in [9.17, 15) is 0 Å². The third-order valence-electron chi connectivity index (χ3n) is 2.84. The van der Waals surface area contributed by atoms with Crippen molar-refractivity contribution in [1.29, 1.82) is 0 Å². The minimum atomic E-state index is -1.45. The first-order chi connectivity index (χ1) is 7.03. The molecule has 1 aliphatic carbocycles. The first kappa shape index (κ1) is 10.2. The molecule has 0 saturated heterocycles. The van der Waals surface area contributed by atoms with Gasteiger partial charge in [-0.25, -0.2) is 0 Å². The van der Waals surface area contributed by atoms with E-state index in [2.05, 4.69) is 5.32 Å². The van der Waals surface area contributed by atoms with Crippen molar-refractivity contribution in [1.82, 2.24) is 5.32 Å². The zero-order valence-corrected chi connectivity index (χ0v) is 8.86. The number of aliphatic hydroxyl groups is 2. The lowest BCUT2D eigenvalue weighted by Gasteiger charge is -2.37. The number of allylic oxidation sites excluding steroid dienone is 4. The second kappa shape index (κ2) is 3.36. The second-order valence-corrected chi connectivity index (χ2v) is 4.12. The number of nitrogens with one attached hydrogen (secondary N) is 1. The van der Waals surface area contributed by atoms with Crippen LogP contribution in [0.4, 0.5) is 0 Å². The molecule has 80 valence electrons. The maximum atomic E-state index is 9.16. The van der Waals surface area contributed by atoms with Crippen LogP contribution in [0.1, 0.15) is 13.8 Å². The number of fused-ring (bicyclic) bond motifs is 1. The molecule has 1 heterocycles. The Kier molecular flexibility index (Phi) is 2.29. The van der Waals surface area contributed by atoms with Gasteiger partial charge in [0, 0.05) is 0 Å². The highest BCUT2D eigenvalue weighted by Crippen LogP contribution is 2.32. The van der Waals surface area contributed by atoms with Crippen LogP contribution in [0.3, 0.4) is 0 Å². The van der Waals surface area contributed by atoms with Gasteiger partial charge < -0.3 is 15.5 Å². The summed E-state index contributed by atoms with van der Waals surface area (Å²) in [4.78, 5) is 0. The molecule has 3 heteroatoms. The quantitative estimate of drug-likeness (QED) is 0.559. The van der Waals surface area contributed by atoms with Crippen LogP contribution in [-0.2, 0) is 0 Å². The molecule has 0 radical (unpaired) electrons. The van der Waals surface area contributed by atoms with Gasteiger partial charge in [-0.05, 0) is 31.1 Å². The Balaban J connectivity index is 2.47. The van der Waals surface area contributed by atoms with Crippen LogP contribution in [-0.4, -0.2) is 22.0 Å². The van der Waals surface area contributed by atoms with E-state index in [0.717, 1.165) is 11.1 Å². The number of dihydropyridines is 1. The molecule has 0 aromatic carbocycles. The average molecular weight is 205 g/mol. The van der Waals surface area contributed by atoms with Gasteiger partial charge in [0.2, 0.25) is 0 Å². The minimum absolute atomic E-state index is 0.327. The van der Waals surface area contributed by atoms with Crippen molar-refractivity contribution in [2.24, 2.45) is 0 Å². The van der Waals surface area contributed by atoms with Gasteiger partial charge in [-0.2, -0.15) is 0 Å². The van der Waals surface area contributed by atoms with Gasteiger partial charge >= 0.3 is 0 Å². The van der Waals surface area contributed by atoms with Crippen molar-refractivity contribution in [2.75, 3.05) is 0 Å². The molecule has 0 aromatic heterocycles. The maximum Gasteiger partial charge on any atom is 0.193 e. The molecule has 0 saturated carbocycles. The van der Waals surface area contributed by atoms with Crippen molar-refractivity contribution in [3.05, 3.63) is 47.2 Å². The molecule has 3 N–H and O–H groups in total. The fourth-order valence-electron chi connectivity index (χ4n) is 2.10. The number of hydrogen-bond acceptors (Lipinski definition) is 3. The summed E-state index contributed by atoms with van der Waals surface area (Å²) in [5.41, 5.74) is 2.33. The van der Waals surface area contributed by atoms with Gasteiger partial charge in [-0.3, -0.25) is 0 Å². The molecule has 0 spiro atoms. The Labute approximate surface area is 89.1 Å². The van der Waals surface area contributed by atoms with Crippen LogP contribution < -0.4 is 5.32 Å². The molecule has 0 aromatic rings. The van der Waals surface area contributed by atoms with Crippen molar-refractivity contribution in [2.45, 2.75) is 25.7 Å². The summed E-state index contributed by atoms with van der Waals surface area (Å²) in [6, 6.07) is 0. The third-order valence-corrected chi connectivity index (χ3v) is 2.84. The fourth-order valence-corrected chi connectivity index (χ4v) is 2.10. The molecule has 15 heavy (non-hydrogen) atoms. The summed E-state index contributed by atoms with van der Waals surface area (Å²) in [6.45, 7) is 3.99. The highest BCUT2D eigenvalue weighted by molar-refractivity contribution is 5.51. The fraction of sp³-hybridized carbons (Fsp3) is 0.333. The zero-order valence-electron chi connectivity index (χ0n) is 8.86. The Morgan fingerprint density at radius 1 is 1.33 bits per heavy atom. The van der Waals surface area contributed by atoms with Gasteiger partial charge in [-0.1, -0.05) is 24.3 Å². The van der Waals surface area contributed by atoms with E-state index in [1.807, 2.05) is 38.2 Å². The maximum absolute atomic E-state index is 9.16. The number of aliphatic hydroxyl groups excluding tert-OH is 1. The smallest absolute Gasteiger partial charge is 0.193 e. The summed E-state index contributed by atoms with van der Waals surface area (Å²) in [5, 5.41) is 21.4. The average Bonchev–Trinajstić information content (AvgIpc) is 2.16. The van der Waals surface area contributed by atoms with Crippen molar-refractivity contribution in [3.8, 4) is 0 Å². The van der Waals surface area contributed by atoms with E-state index in [1.165, 1.54) is 0 Å². The molecule has 0 amide bonds. The Bertz CT molecular complexity index is 402. The van der Waals surface area contributed by atoms with Crippen molar-refractivity contribution in [3.63, 3.8) is 0 Å². The molecule has 0 bridgehead atoms. The summed E-state index contributed by atoms with van der Waals surface area (Å²) < 4.78 is 0. The summed E-state index contributed by atoms with van der Waals surface area (Å²) in [6.07, 6.45) is 8.32. The van der Waals surface area contributed by atoms with E-state index in [-0.39, 0.29) is 5.54 Å². The molecular weight excluding hydrogens is 190 g/mol. The zero-order chi connectivity index (χ0) is 11.1. The van der Waals surface area contributed by atoms with E-state index in [0.29, 0.717) is 5.70 Å². The molecule has 1 unspecified atom stereocenters. The predicted molar refractivity (Wildman–Crippen MR) is 58.8 cm³/mol. The lowest BCUT2D eigenvalue weighted by Crippen LogP contribution is -2.47. The van der Waals surface area contributed by atoms with E-state index >= 15 is 0 Å². The molecule has 3 nitrogen and oxygen atoms in total. The van der Waals surface area contributed by atoms with E-state index in [1.54, 1.807) is 6.08 Å². The second-order valence-electron chi connectivity index (χ2n) is 4.12. The number of hydrogen-bond donors (Lipinski definition) is 3. The van der Waals surface area contributed by atoms with Crippen LogP contribution >= 0.6 is 0 Å². The molecule has 1 aliphatic heterocycles. The first-order valence-corrected chi connectivity index (χ1v) is 4.96. The van der Waals surface area contributed by atoms with Gasteiger partial charge in [0.25, 0.3) is 0 Å². The van der Waals surface area contributed by atoms with Gasteiger partial charge in [0.15, 0.2) is 6.29 Å². The predicted octanol–water partition coefficient (Wildman–Crippen LogP) is 0.985. The lowest BCUT2D eigenvalue weighted by molar-refractivity contribution is -0.0149. The summed E-state index contributed by atoms with van der Waals surface area (Å²) in [7, 11) is 0. The van der Waals surface area contributed by atoms with Crippen LogP contribution in [0.5, 0.6) is 0 Å². The topological polar surface area (TPSA) is 52.5 Å². The van der Waals surface area contributed by atoms with Crippen LogP contribution in [0.25, 0.3) is 0 Å². The largest absolute Gasteiger partial charge is 0.372 e. The van der Waals surface area contributed by atoms with Crippen LogP contribution in [0.15, 0.2) is 47.2 Å². The Morgan fingerprint density at radius 2 is 2.07 bits per heavy atom. The highest BCUT2D eigenvalue weighted by atomic mass is 16.5. The van der Waals surface area contributed by atoms with Crippen LogP contribution in [0, 0.1) is 0 Å². The third kappa shape index (κ3) is 1.64. The Morgan fingerprint density at radius 3 is 2.73 bits per heavy atom. The van der Waals surface area contributed by atoms with Gasteiger partial charge in [0.1, 0.15) is 0 Å². The van der Waals surface area contributed by atoms with Gasteiger partial charge in [-0.15, -0.1) is 0 Å². The summed E-state index contributed by atoms with van der Waals surface area (Å²) >= 11 is 0. The minimum Gasteiger partial charge on any atom is -0.372 e. The number of rotatable bonds is 1. The molecule has 2 rings (SSSR count). The molecule has 2 aliphatic rings. The molecule has 1 atom stereocenters. The monoisotopic (exact) mass is 205 g/mol. The molecular formula is C12H15NO2. The highest BCUT2D eigenvalue weighted by Gasteiger charge is 2.32. The van der Waals surface area contributed by atoms with E-state index < -0.39 is 6.29 Å². The van der Waals surface area contributed by atoms with Crippen molar-refractivity contribution >= 4 is 0 Å². The Hall–Kier alpha value is -1.32. The molecule has 0 fully saturated rings. The van der Waals surface area contributed by atoms with Crippen molar-refractivity contribution < 1.29 is 10.2 Å². The van der Waals surface area contributed by atoms with Crippen LogP contribution in [0.2, 0.25) is 0 Å². The first-order valence-electron chi connectivity index (χ1n) is 4.96. The SMILES string of the molecule is CC1=C2C=CC=CC2(C)NC(C(O)O)=C1. The van der Waals surface area contributed by atoms with Gasteiger partial charge in [0.05, 0.1) is 11.2 Å². The normalized spacial score (nSPS) is 29.0. The lowest BCUT2D eigenvalue weighted by atomic mass is 9.82. The standard InChI is InChI=1S/C12H15NO2/c1-8-7-10(11(14)15)13-12(2)6-4-3-5-9(8)12/h3-7,11,13-15H,1-2H3.